The van der Waals surface area contributed by atoms with E-state index >= 15 is 0 Å². The first-order valence-electron chi connectivity index (χ1n) is 7.15. The van der Waals surface area contributed by atoms with Gasteiger partial charge < -0.3 is 14.8 Å². The number of benzene rings is 1. The Labute approximate surface area is 132 Å². The molecule has 1 amide bonds. The number of hydrogen-bond donors (Lipinski definition) is 1. The highest BCUT2D eigenvalue weighted by molar-refractivity contribution is 6.01. The molecule has 1 aromatic rings. The number of rotatable bonds is 6. The second-order valence-corrected chi connectivity index (χ2v) is 4.96. The van der Waals surface area contributed by atoms with Gasteiger partial charge in [-0.05, 0) is 36.6 Å². The van der Waals surface area contributed by atoms with Gasteiger partial charge in [0.25, 0.3) is 5.91 Å². The van der Waals surface area contributed by atoms with Gasteiger partial charge in [0, 0.05) is 13.2 Å². The highest BCUT2D eigenvalue weighted by Crippen LogP contribution is 2.17. The van der Waals surface area contributed by atoms with Crippen molar-refractivity contribution in [3.05, 3.63) is 35.4 Å². The van der Waals surface area contributed by atoms with E-state index < -0.39 is 12.5 Å². The Bertz CT molecular complexity index is 603. The Hall–Kier alpha value is -2.46. The molecule has 1 aliphatic heterocycles. The van der Waals surface area contributed by atoms with Crippen molar-refractivity contribution in [3.63, 3.8) is 0 Å². The lowest BCUT2D eigenvalue weighted by Gasteiger charge is -2.10. The fourth-order valence-electron chi connectivity index (χ4n) is 2.17. The van der Waals surface area contributed by atoms with Crippen LogP contribution in [0, 0.1) is 11.3 Å². The monoisotopic (exact) mass is 322 g/mol. The van der Waals surface area contributed by atoms with Crippen molar-refractivity contribution in [1.82, 2.24) is 5.32 Å². The fourth-order valence-corrected chi connectivity index (χ4v) is 2.17. The maximum Gasteiger partial charge on any atom is 0.387 e. The van der Waals surface area contributed by atoms with Crippen LogP contribution >= 0.6 is 0 Å². The lowest BCUT2D eigenvalue weighted by molar-refractivity contribution is -0.117. The van der Waals surface area contributed by atoms with Gasteiger partial charge in [-0.25, -0.2) is 0 Å². The Balaban J connectivity index is 1.96. The number of hydrogen-bond acceptors (Lipinski definition) is 4. The Kier molecular flexibility index (Phi) is 6.06. The molecule has 1 saturated heterocycles. The summed E-state index contributed by atoms with van der Waals surface area (Å²) in [6, 6.07) is 7.50. The van der Waals surface area contributed by atoms with Gasteiger partial charge >= 0.3 is 6.61 Å². The van der Waals surface area contributed by atoms with Gasteiger partial charge in [0.05, 0.1) is 6.10 Å². The number of carbonyl (C=O) groups excluding carboxylic acids is 1. The smallest absolute Gasteiger partial charge is 0.387 e. The highest BCUT2D eigenvalue weighted by Gasteiger charge is 2.17. The summed E-state index contributed by atoms with van der Waals surface area (Å²) in [5, 5.41) is 11.7. The summed E-state index contributed by atoms with van der Waals surface area (Å²) in [6.07, 6.45) is 3.23. The minimum absolute atomic E-state index is 0.00956. The number of nitrogens with one attached hydrogen (secondary N) is 1. The molecule has 122 valence electrons. The summed E-state index contributed by atoms with van der Waals surface area (Å²) >= 11 is 0. The van der Waals surface area contributed by atoms with Crippen LogP contribution in [-0.2, 0) is 9.53 Å². The molecular formula is C16H16F2N2O3. The maximum absolute atomic E-state index is 12.1. The molecule has 2 rings (SSSR count). The number of nitriles is 1. The fraction of sp³-hybridized carbons (Fsp3) is 0.375. The molecule has 1 heterocycles. The van der Waals surface area contributed by atoms with Crippen LogP contribution in [0.5, 0.6) is 5.75 Å². The van der Waals surface area contributed by atoms with E-state index in [1.54, 1.807) is 0 Å². The third-order valence-corrected chi connectivity index (χ3v) is 3.30. The van der Waals surface area contributed by atoms with E-state index in [-0.39, 0.29) is 17.4 Å². The van der Waals surface area contributed by atoms with Gasteiger partial charge in [-0.3, -0.25) is 4.79 Å². The van der Waals surface area contributed by atoms with Crippen LogP contribution in [-0.4, -0.2) is 31.8 Å². The number of nitrogens with zero attached hydrogens (tertiary/aromatic N) is 1. The molecule has 7 heteroatoms. The van der Waals surface area contributed by atoms with Crippen LogP contribution in [0.3, 0.4) is 0 Å². The van der Waals surface area contributed by atoms with Crippen LogP contribution in [0.1, 0.15) is 18.4 Å². The molecule has 0 aliphatic carbocycles. The molecule has 1 fully saturated rings. The Morgan fingerprint density at radius 3 is 2.78 bits per heavy atom. The van der Waals surface area contributed by atoms with Gasteiger partial charge in [0.2, 0.25) is 0 Å². The lowest BCUT2D eigenvalue weighted by atomic mass is 10.1. The van der Waals surface area contributed by atoms with Crippen LogP contribution in [0.25, 0.3) is 6.08 Å². The third kappa shape index (κ3) is 5.34. The third-order valence-electron chi connectivity index (χ3n) is 3.30. The topological polar surface area (TPSA) is 71.3 Å². The average molecular weight is 322 g/mol. The largest absolute Gasteiger partial charge is 0.435 e. The van der Waals surface area contributed by atoms with E-state index in [1.807, 2.05) is 6.07 Å². The molecule has 1 aromatic carbocycles. The van der Waals surface area contributed by atoms with Gasteiger partial charge in [-0.15, -0.1) is 0 Å². The first kappa shape index (κ1) is 16.9. The lowest BCUT2D eigenvalue weighted by Crippen LogP contribution is -2.32. The van der Waals surface area contributed by atoms with E-state index in [0.29, 0.717) is 18.7 Å². The number of alkyl halides is 2. The van der Waals surface area contributed by atoms with Gasteiger partial charge in [0.15, 0.2) is 0 Å². The number of amides is 1. The zero-order valence-electron chi connectivity index (χ0n) is 12.3. The Morgan fingerprint density at radius 1 is 1.48 bits per heavy atom. The van der Waals surface area contributed by atoms with Crippen molar-refractivity contribution in [3.8, 4) is 11.8 Å². The standard InChI is InChI=1S/C16H16F2N2O3/c17-16(18)23-13-5-3-11(4-6-13)8-12(9-19)15(21)20-10-14-2-1-7-22-14/h3-6,8,14,16H,1-2,7,10H2,(H,20,21)/b12-8+/t14-/m1/s1. The number of halogens is 2. The van der Waals surface area contributed by atoms with Crippen molar-refractivity contribution in [2.24, 2.45) is 0 Å². The van der Waals surface area contributed by atoms with Crippen LogP contribution in [0.15, 0.2) is 29.8 Å². The molecule has 0 unspecified atom stereocenters. The Morgan fingerprint density at radius 2 is 2.22 bits per heavy atom. The van der Waals surface area contributed by atoms with E-state index in [2.05, 4.69) is 10.1 Å². The summed E-state index contributed by atoms with van der Waals surface area (Å²) < 4.78 is 33.7. The molecule has 0 aromatic heterocycles. The van der Waals surface area contributed by atoms with Crippen molar-refractivity contribution < 1.29 is 23.0 Å². The van der Waals surface area contributed by atoms with Gasteiger partial charge in [-0.2, -0.15) is 14.0 Å². The quantitative estimate of drug-likeness (QED) is 0.645. The molecule has 0 radical (unpaired) electrons. The zero-order chi connectivity index (χ0) is 16.7. The molecule has 1 aliphatic rings. The summed E-state index contributed by atoms with van der Waals surface area (Å²) in [5.74, 6) is -0.477. The van der Waals surface area contributed by atoms with Gasteiger partial charge in [-0.1, -0.05) is 12.1 Å². The summed E-state index contributed by atoms with van der Waals surface area (Å²) in [6.45, 7) is -1.84. The minimum atomic E-state index is -2.89. The molecule has 0 bridgehead atoms. The second kappa shape index (κ2) is 8.25. The SMILES string of the molecule is N#C/C(=C\c1ccc(OC(F)F)cc1)C(=O)NC[C@H]1CCCO1. The van der Waals surface area contributed by atoms with E-state index in [4.69, 9.17) is 10.00 Å². The molecule has 23 heavy (non-hydrogen) atoms. The van der Waals surface area contributed by atoms with Crippen molar-refractivity contribution in [2.75, 3.05) is 13.2 Å². The van der Waals surface area contributed by atoms with E-state index in [1.165, 1.54) is 30.3 Å². The summed E-state index contributed by atoms with van der Waals surface area (Å²) in [7, 11) is 0. The maximum atomic E-state index is 12.1. The summed E-state index contributed by atoms with van der Waals surface area (Å²) in [5.41, 5.74) is 0.473. The highest BCUT2D eigenvalue weighted by atomic mass is 19.3. The molecule has 0 spiro atoms. The van der Waals surface area contributed by atoms with Crippen LogP contribution < -0.4 is 10.1 Å². The molecule has 0 saturated carbocycles. The normalized spacial score (nSPS) is 17.8. The minimum Gasteiger partial charge on any atom is -0.435 e. The molecular weight excluding hydrogens is 306 g/mol. The predicted molar refractivity (Wildman–Crippen MR) is 78.6 cm³/mol. The number of ether oxygens (including phenoxy) is 2. The van der Waals surface area contributed by atoms with E-state index in [9.17, 15) is 13.6 Å². The van der Waals surface area contributed by atoms with Crippen molar-refractivity contribution >= 4 is 12.0 Å². The second-order valence-electron chi connectivity index (χ2n) is 4.96. The molecule has 1 atom stereocenters. The average Bonchev–Trinajstić information content (AvgIpc) is 3.04. The van der Waals surface area contributed by atoms with Crippen molar-refractivity contribution in [1.29, 1.82) is 5.26 Å². The van der Waals surface area contributed by atoms with Crippen LogP contribution in [0.4, 0.5) is 8.78 Å². The first-order valence-corrected chi connectivity index (χ1v) is 7.15. The summed E-state index contributed by atoms with van der Waals surface area (Å²) in [4.78, 5) is 12.0. The zero-order valence-corrected chi connectivity index (χ0v) is 12.3. The van der Waals surface area contributed by atoms with Crippen molar-refractivity contribution in [2.45, 2.75) is 25.6 Å². The van der Waals surface area contributed by atoms with E-state index in [0.717, 1.165) is 12.8 Å². The molecule has 5 nitrogen and oxygen atoms in total. The van der Waals surface area contributed by atoms with Crippen LogP contribution in [0.2, 0.25) is 0 Å². The molecule has 1 N–H and O–H groups in total. The predicted octanol–water partition coefficient (Wildman–Crippen LogP) is 2.49. The first-order chi connectivity index (χ1) is 11.1. The number of carbonyl (C=O) groups is 1. The van der Waals surface area contributed by atoms with Gasteiger partial charge in [0.1, 0.15) is 17.4 Å².